The van der Waals surface area contributed by atoms with Crippen LogP contribution in [0.1, 0.15) is 38.2 Å². The van der Waals surface area contributed by atoms with Crippen molar-refractivity contribution in [3.63, 3.8) is 0 Å². The van der Waals surface area contributed by atoms with Gasteiger partial charge in [0.05, 0.1) is 19.3 Å². The minimum Gasteiger partial charge on any atom is -0.389 e. The Morgan fingerprint density at radius 2 is 2.15 bits per heavy atom. The van der Waals surface area contributed by atoms with Gasteiger partial charge >= 0.3 is 0 Å². The number of aliphatic imine (C=N–C) groups is 1. The molecule has 27 heavy (non-hydrogen) atoms. The SMILES string of the molecule is CCNC(=NCC1(c2cccc(Br)c2)CC1)NCC(O)COCC1CC1.I. The van der Waals surface area contributed by atoms with Gasteiger partial charge in [0.25, 0.3) is 0 Å². The number of guanidine groups is 1. The third-order valence-electron chi connectivity index (χ3n) is 5.04. The number of ether oxygens (including phenoxy) is 1. The minimum absolute atomic E-state index is 0. The van der Waals surface area contributed by atoms with E-state index in [2.05, 4.69) is 50.8 Å². The molecule has 2 aliphatic rings. The molecule has 1 atom stereocenters. The van der Waals surface area contributed by atoms with Gasteiger partial charge in [-0.15, -0.1) is 24.0 Å². The van der Waals surface area contributed by atoms with Crippen molar-refractivity contribution in [2.45, 2.75) is 44.1 Å². The standard InChI is InChI=1S/C20H30BrN3O2.HI/c1-2-22-19(23-11-18(25)13-26-12-15-6-7-15)24-14-20(8-9-20)16-4-3-5-17(21)10-16;/h3-5,10,15,18,25H,2,6-9,11-14H2,1H3,(H2,22,23,24);1H. The summed E-state index contributed by atoms with van der Waals surface area (Å²) in [5.74, 6) is 1.48. The first kappa shape index (κ1) is 22.9. The Bertz CT molecular complexity index is 621. The second kappa shape index (κ2) is 11.0. The predicted molar refractivity (Wildman–Crippen MR) is 124 cm³/mol. The Kier molecular flexibility index (Phi) is 9.31. The molecule has 0 aromatic heterocycles. The lowest BCUT2D eigenvalue weighted by molar-refractivity contribution is 0.0345. The van der Waals surface area contributed by atoms with Crippen LogP contribution in [0.5, 0.6) is 0 Å². The lowest BCUT2D eigenvalue weighted by atomic mass is 9.96. The van der Waals surface area contributed by atoms with Crippen molar-refractivity contribution in [1.82, 2.24) is 10.6 Å². The summed E-state index contributed by atoms with van der Waals surface area (Å²) in [5.41, 5.74) is 1.51. The minimum atomic E-state index is -0.516. The van der Waals surface area contributed by atoms with Crippen LogP contribution in [0.3, 0.4) is 0 Å². The van der Waals surface area contributed by atoms with Crippen LogP contribution in [-0.2, 0) is 10.2 Å². The summed E-state index contributed by atoms with van der Waals surface area (Å²) in [6, 6.07) is 8.53. The van der Waals surface area contributed by atoms with E-state index in [-0.39, 0.29) is 29.4 Å². The maximum absolute atomic E-state index is 10.1. The highest BCUT2D eigenvalue weighted by Gasteiger charge is 2.44. The van der Waals surface area contributed by atoms with E-state index in [1.54, 1.807) is 0 Å². The predicted octanol–water partition coefficient (Wildman–Crippen LogP) is 3.44. The van der Waals surface area contributed by atoms with E-state index in [4.69, 9.17) is 9.73 Å². The molecule has 0 amide bonds. The van der Waals surface area contributed by atoms with Crippen LogP contribution in [0.2, 0.25) is 0 Å². The fraction of sp³-hybridized carbons (Fsp3) is 0.650. The molecule has 7 heteroatoms. The van der Waals surface area contributed by atoms with E-state index in [0.29, 0.717) is 13.2 Å². The maximum atomic E-state index is 10.1. The van der Waals surface area contributed by atoms with Crippen molar-refractivity contribution < 1.29 is 9.84 Å². The van der Waals surface area contributed by atoms with Crippen LogP contribution in [0.25, 0.3) is 0 Å². The molecular weight excluding hydrogens is 521 g/mol. The first-order valence-corrected chi connectivity index (χ1v) is 10.4. The highest BCUT2D eigenvalue weighted by molar-refractivity contribution is 14.0. The first-order chi connectivity index (χ1) is 12.6. The molecule has 152 valence electrons. The maximum Gasteiger partial charge on any atom is 0.191 e. The molecule has 1 aromatic carbocycles. The molecule has 1 aromatic rings. The Balaban J connectivity index is 0.00000261. The van der Waals surface area contributed by atoms with Crippen LogP contribution in [0, 0.1) is 5.92 Å². The number of aliphatic hydroxyl groups excluding tert-OH is 1. The molecule has 3 N–H and O–H groups in total. The lowest BCUT2D eigenvalue weighted by Gasteiger charge is -2.18. The zero-order valence-electron chi connectivity index (χ0n) is 15.9. The zero-order valence-corrected chi connectivity index (χ0v) is 19.8. The van der Waals surface area contributed by atoms with Crippen molar-refractivity contribution in [2.24, 2.45) is 10.9 Å². The zero-order chi connectivity index (χ0) is 18.4. The third kappa shape index (κ3) is 7.51. The topological polar surface area (TPSA) is 65.9 Å². The number of hydrogen-bond donors (Lipinski definition) is 3. The van der Waals surface area contributed by atoms with E-state index in [0.717, 1.165) is 36.0 Å². The van der Waals surface area contributed by atoms with Crippen LogP contribution in [-0.4, -0.2) is 50.0 Å². The summed E-state index contributed by atoms with van der Waals surface area (Å²) < 4.78 is 6.67. The molecule has 0 spiro atoms. The molecule has 2 saturated carbocycles. The molecule has 0 saturated heterocycles. The molecule has 5 nitrogen and oxygen atoms in total. The Morgan fingerprint density at radius 1 is 1.37 bits per heavy atom. The van der Waals surface area contributed by atoms with Crippen molar-refractivity contribution in [3.8, 4) is 0 Å². The fourth-order valence-electron chi connectivity index (χ4n) is 3.01. The highest BCUT2D eigenvalue weighted by atomic mass is 127. The van der Waals surface area contributed by atoms with E-state index >= 15 is 0 Å². The summed E-state index contributed by atoms with van der Waals surface area (Å²) in [5, 5.41) is 16.6. The van der Waals surface area contributed by atoms with Crippen molar-refractivity contribution in [1.29, 1.82) is 0 Å². The Hall–Kier alpha value is -0.380. The van der Waals surface area contributed by atoms with Crippen LogP contribution in [0.4, 0.5) is 0 Å². The summed E-state index contributed by atoms with van der Waals surface area (Å²) >= 11 is 3.56. The Labute approximate surface area is 187 Å². The molecule has 0 aliphatic heterocycles. The second-order valence-electron chi connectivity index (χ2n) is 7.50. The van der Waals surface area contributed by atoms with Gasteiger partial charge in [0.2, 0.25) is 0 Å². The number of rotatable bonds is 10. The summed E-state index contributed by atoms with van der Waals surface area (Å²) in [6.45, 7) is 5.20. The van der Waals surface area contributed by atoms with E-state index in [1.165, 1.54) is 31.2 Å². The van der Waals surface area contributed by atoms with Gasteiger partial charge in [0, 0.05) is 29.6 Å². The molecule has 3 rings (SSSR count). The average molecular weight is 552 g/mol. The molecule has 0 radical (unpaired) electrons. The van der Waals surface area contributed by atoms with Crippen LogP contribution < -0.4 is 10.6 Å². The van der Waals surface area contributed by atoms with Gasteiger partial charge in [-0.3, -0.25) is 4.99 Å². The van der Waals surface area contributed by atoms with Crippen molar-refractivity contribution >= 4 is 45.9 Å². The van der Waals surface area contributed by atoms with E-state index in [1.807, 2.05) is 6.92 Å². The number of benzene rings is 1. The van der Waals surface area contributed by atoms with Gasteiger partial charge < -0.3 is 20.5 Å². The average Bonchev–Trinajstić information content (AvgIpc) is 3.53. The van der Waals surface area contributed by atoms with Crippen LogP contribution >= 0.6 is 39.9 Å². The van der Waals surface area contributed by atoms with Gasteiger partial charge in [-0.2, -0.15) is 0 Å². The summed E-state index contributed by atoms with van der Waals surface area (Å²) in [4.78, 5) is 4.77. The smallest absolute Gasteiger partial charge is 0.191 e. The van der Waals surface area contributed by atoms with Crippen molar-refractivity contribution in [2.75, 3.05) is 32.8 Å². The van der Waals surface area contributed by atoms with E-state index < -0.39 is 6.10 Å². The molecule has 0 bridgehead atoms. The third-order valence-corrected chi connectivity index (χ3v) is 5.53. The number of aliphatic hydroxyl groups is 1. The second-order valence-corrected chi connectivity index (χ2v) is 8.42. The largest absolute Gasteiger partial charge is 0.389 e. The number of hydrogen-bond acceptors (Lipinski definition) is 3. The van der Waals surface area contributed by atoms with Gasteiger partial charge in [-0.1, -0.05) is 28.1 Å². The first-order valence-electron chi connectivity index (χ1n) is 9.65. The highest BCUT2D eigenvalue weighted by Crippen LogP contribution is 2.48. The number of nitrogens with zero attached hydrogens (tertiary/aromatic N) is 1. The van der Waals surface area contributed by atoms with Gasteiger partial charge in [-0.05, 0) is 56.2 Å². The van der Waals surface area contributed by atoms with Gasteiger partial charge in [0.1, 0.15) is 0 Å². The molecule has 0 heterocycles. The fourth-order valence-corrected chi connectivity index (χ4v) is 3.41. The van der Waals surface area contributed by atoms with E-state index in [9.17, 15) is 5.11 Å². The Morgan fingerprint density at radius 3 is 2.78 bits per heavy atom. The normalized spacial score (nSPS) is 19.1. The summed E-state index contributed by atoms with van der Waals surface area (Å²) in [7, 11) is 0. The van der Waals surface area contributed by atoms with Crippen molar-refractivity contribution in [3.05, 3.63) is 34.3 Å². The van der Waals surface area contributed by atoms with Gasteiger partial charge in [-0.25, -0.2) is 0 Å². The molecule has 1 unspecified atom stereocenters. The quantitative estimate of drug-likeness (QED) is 0.237. The number of nitrogens with one attached hydrogen (secondary N) is 2. The monoisotopic (exact) mass is 551 g/mol. The molecular formula is C20H31BrIN3O2. The molecule has 2 aliphatic carbocycles. The number of halogens is 2. The van der Waals surface area contributed by atoms with Crippen LogP contribution in [0.15, 0.2) is 33.7 Å². The lowest BCUT2D eigenvalue weighted by Crippen LogP contribution is -2.42. The van der Waals surface area contributed by atoms with Gasteiger partial charge in [0.15, 0.2) is 5.96 Å². The summed E-state index contributed by atoms with van der Waals surface area (Å²) in [6.07, 6.45) is 4.36. The molecule has 2 fully saturated rings.